The molecule has 2 rings (SSSR count). The lowest BCUT2D eigenvalue weighted by Gasteiger charge is -2.40. The molecule has 1 aliphatic carbocycles. The van der Waals surface area contributed by atoms with Gasteiger partial charge in [-0.3, -0.25) is 4.79 Å². The molecular formula is C13H15Cl2NO. The van der Waals surface area contributed by atoms with Crippen LogP contribution < -0.4 is 5.73 Å². The SMILES string of the molecule is NCC1(CC(=O)c2cc(Cl)ccc2Cl)CCC1. The van der Waals surface area contributed by atoms with Crippen molar-refractivity contribution in [2.75, 3.05) is 6.54 Å². The van der Waals surface area contributed by atoms with Gasteiger partial charge in [-0.25, -0.2) is 0 Å². The fraction of sp³-hybridized carbons (Fsp3) is 0.462. The van der Waals surface area contributed by atoms with E-state index in [1.165, 1.54) is 0 Å². The van der Waals surface area contributed by atoms with Crippen LogP contribution in [0.4, 0.5) is 0 Å². The molecule has 1 aliphatic rings. The molecular weight excluding hydrogens is 257 g/mol. The number of hydrogen-bond donors (Lipinski definition) is 1. The lowest BCUT2D eigenvalue weighted by molar-refractivity contribution is 0.0786. The first-order valence-corrected chi connectivity index (χ1v) is 6.50. The summed E-state index contributed by atoms with van der Waals surface area (Å²) in [6.45, 7) is 0.566. The third-order valence-corrected chi connectivity index (χ3v) is 4.18. The summed E-state index contributed by atoms with van der Waals surface area (Å²) in [6.07, 6.45) is 3.71. The molecule has 17 heavy (non-hydrogen) atoms. The van der Waals surface area contributed by atoms with Crippen LogP contribution in [-0.2, 0) is 0 Å². The molecule has 0 heterocycles. The second-order valence-electron chi connectivity index (χ2n) is 4.78. The molecule has 1 saturated carbocycles. The minimum absolute atomic E-state index is 0.00271. The van der Waals surface area contributed by atoms with Gasteiger partial charge < -0.3 is 5.73 Å². The van der Waals surface area contributed by atoms with Crippen LogP contribution in [0.15, 0.2) is 18.2 Å². The van der Waals surface area contributed by atoms with E-state index < -0.39 is 0 Å². The second kappa shape index (κ2) is 4.97. The third kappa shape index (κ3) is 2.65. The van der Waals surface area contributed by atoms with Gasteiger partial charge in [0.05, 0.1) is 5.02 Å². The molecule has 0 amide bonds. The van der Waals surface area contributed by atoms with Crippen molar-refractivity contribution in [3.05, 3.63) is 33.8 Å². The molecule has 0 aliphatic heterocycles. The van der Waals surface area contributed by atoms with Gasteiger partial charge in [0.15, 0.2) is 5.78 Å². The third-order valence-electron chi connectivity index (χ3n) is 3.61. The highest BCUT2D eigenvalue weighted by Gasteiger charge is 2.37. The molecule has 0 spiro atoms. The van der Waals surface area contributed by atoms with E-state index in [1.807, 2.05) is 0 Å². The zero-order chi connectivity index (χ0) is 12.5. The molecule has 0 radical (unpaired) electrons. The van der Waals surface area contributed by atoms with E-state index in [9.17, 15) is 4.79 Å². The minimum atomic E-state index is 0.00271. The zero-order valence-corrected chi connectivity index (χ0v) is 11.0. The van der Waals surface area contributed by atoms with Gasteiger partial charge in [0.1, 0.15) is 0 Å². The number of rotatable bonds is 4. The summed E-state index contributed by atoms with van der Waals surface area (Å²) < 4.78 is 0. The number of carbonyl (C=O) groups excluding carboxylic acids is 1. The van der Waals surface area contributed by atoms with Gasteiger partial charge in [-0.2, -0.15) is 0 Å². The highest BCUT2D eigenvalue weighted by atomic mass is 35.5. The maximum atomic E-state index is 12.2. The van der Waals surface area contributed by atoms with E-state index in [0.29, 0.717) is 28.6 Å². The Morgan fingerprint density at radius 2 is 2.06 bits per heavy atom. The van der Waals surface area contributed by atoms with Gasteiger partial charge in [-0.15, -0.1) is 0 Å². The summed E-state index contributed by atoms with van der Waals surface area (Å²) in [6, 6.07) is 4.98. The number of nitrogens with two attached hydrogens (primary N) is 1. The zero-order valence-electron chi connectivity index (χ0n) is 9.51. The molecule has 0 saturated heterocycles. The fourth-order valence-corrected chi connectivity index (χ4v) is 2.67. The summed E-state index contributed by atoms with van der Waals surface area (Å²) in [4.78, 5) is 12.2. The monoisotopic (exact) mass is 271 g/mol. The normalized spacial score (nSPS) is 17.6. The van der Waals surface area contributed by atoms with E-state index in [2.05, 4.69) is 0 Å². The summed E-state index contributed by atoms with van der Waals surface area (Å²) >= 11 is 11.9. The Labute approximate surface area is 111 Å². The van der Waals surface area contributed by atoms with E-state index in [4.69, 9.17) is 28.9 Å². The molecule has 92 valence electrons. The number of halogens is 2. The van der Waals surface area contributed by atoms with E-state index in [-0.39, 0.29) is 11.2 Å². The first kappa shape index (κ1) is 12.9. The average Bonchev–Trinajstić information content (AvgIpc) is 2.26. The lowest BCUT2D eigenvalue weighted by atomic mass is 9.65. The standard InChI is InChI=1S/C13H15Cl2NO/c14-9-2-3-11(15)10(6-9)12(17)7-13(8-16)4-1-5-13/h2-3,6H,1,4-5,7-8,16H2. The van der Waals surface area contributed by atoms with E-state index in [0.717, 1.165) is 19.3 Å². The van der Waals surface area contributed by atoms with Crippen LogP contribution in [0, 0.1) is 5.41 Å². The quantitative estimate of drug-likeness (QED) is 0.849. The average molecular weight is 272 g/mol. The first-order valence-electron chi connectivity index (χ1n) is 5.75. The highest BCUT2D eigenvalue weighted by molar-refractivity contribution is 6.35. The summed E-state index contributed by atoms with van der Waals surface area (Å²) in [5.74, 6) is 0.0441. The van der Waals surface area contributed by atoms with Crippen LogP contribution in [0.5, 0.6) is 0 Å². The molecule has 1 aromatic rings. The molecule has 0 atom stereocenters. The molecule has 4 heteroatoms. The Kier molecular flexibility index (Phi) is 3.76. The van der Waals surface area contributed by atoms with Crippen molar-refractivity contribution >= 4 is 29.0 Å². The van der Waals surface area contributed by atoms with Crippen LogP contribution in [0.25, 0.3) is 0 Å². The van der Waals surface area contributed by atoms with E-state index >= 15 is 0 Å². The minimum Gasteiger partial charge on any atom is -0.330 e. The smallest absolute Gasteiger partial charge is 0.165 e. The number of Topliss-reactive ketones (excluding diaryl/α,β-unsaturated/α-hetero) is 1. The Hall–Kier alpha value is -0.570. The topological polar surface area (TPSA) is 43.1 Å². The molecule has 2 N–H and O–H groups in total. The summed E-state index contributed by atoms with van der Waals surface area (Å²) in [7, 11) is 0. The largest absolute Gasteiger partial charge is 0.330 e. The Morgan fingerprint density at radius 1 is 1.35 bits per heavy atom. The predicted molar refractivity (Wildman–Crippen MR) is 70.7 cm³/mol. The summed E-state index contributed by atoms with van der Waals surface area (Å²) in [5.41, 5.74) is 6.27. The number of ketones is 1. The molecule has 0 aromatic heterocycles. The second-order valence-corrected chi connectivity index (χ2v) is 5.63. The van der Waals surface area contributed by atoms with Crippen LogP contribution in [0.2, 0.25) is 10.0 Å². The van der Waals surface area contributed by atoms with Gasteiger partial charge in [0.25, 0.3) is 0 Å². The van der Waals surface area contributed by atoms with Crippen molar-refractivity contribution in [2.45, 2.75) is 25.7 Å². The maximum absolute atomic E-state index is 12.2. The Morgan fingerprint density at radius 3 is 2.59 bits per heavy atom. The van der Waals surface area contributed by atoms with Gasteiger partial charge >= 0.3 is 0 Å². The number of carbonyl (C=O) groups is 1. The van der Waals surface area contributed by atoms with Gasteiger partial charge in [-0.1, -0.05) is 29.6 Å². The van der Waals surface area contributed by atoms with Crippen molar-refractivity contribution < 1.29 is 4.79 Å². The van der Waals surface area contributed by atoms with Crippen LogP contribution in [0.3, 0.4) is 0 Å². The molecule has 1 aromatic carbocycles. The van der Waals surface area contributed by atoms with Gasteiger partial charge in [0.2, 0.25) is 0 Å². The molecule has 2 nitrogen and oxygen atoms in total. The van der Waals surface area contributed by atoms with Gasteiger partial charge in [-0.05, 0) is 43.0 Å². The number of hydrogen-bond acceptors (Lipinski definition) is 2. The first-order chi connectivity index (χ1) is 8.06. The maximum Gasteiger partial charge on any atom is 0.165 e. The van der Waals surface area contributed by atoms with Crippen LogP contribution >= 0.6 is 23.2 Å². The molecule has 0 bridgehead atoms. The van der Waals surface area contributed by atoms with Crippen molar-refractivity contribution in [3.8, 4) is 0 Å². The van der Waals surface area contributed by atoms with Crippen molar-refractivity contribution in [1.82, 2.24) is 0 Å². The molecule has 1 fully saturated rings. The Balaban J connectivity index is 2.17. The van der Waals surface area contributed by atoms with Crippen molar-refractivity contribution in [2.24, 2.45) is 11.1 Å². The Bertz CT molecular complexity index is 436. The fourth-order valence-electron chi connectivity index (χ4n) is 2.28. The van der Waals surface area contributed by atoms with Gasteiger partial charge in [0, 0.05) is 17.0 Å². The molecule has 0 unspecified atom stereocenters. The van der Waals surface area contributed by atoms with Crippen molar-refractivity contribution in [3.63, 3.8) is 0 Å². The van der Waals surface area contributed by atoms with E-state index in [1.54, 1.807) is 18.2 Å². The highest BCUT2D eigenvalue weighted by Crippen LogP contribution is 2.44. The van der Waals surface area contributed by atoms with Crippen LogP contribution in [0.1, 0.15) is 36.0 Å². The summed E-state index contributed by atoms with van der Waals surface area (Å²) in [5, 5.41) is 0.999. The predicted octanol–water partition coefficient (Wildman–Crippen LogP) is 3.70. The van der Waals surface area contributed by atoms with Crippen molar-refractivity contribution in [1.29, 1.82) is 0 Å². The van der Waals surface area contributed by atoms with Crippen LogP contribution in [-0.4, -0.2) is 12.3 Å². The lowest BCUT2D eigenvalue weighted by Crippen LogP contribution is -2.39. The number of benzene rings is 1.